The molecule has 0 fully saturated rings. The van der Waals surface area contributed by atoms with Crippen molar-refractivity contribution in [1.82, 2.24) is 5.09 Å². The monoisotopic (exact) mass is 384 g/mol. The molecule has 0 aliphatic heterocycles. The van der Waals surface area contributed by atoms with Crippen molar-refractivity contribution >= 4 is 31.6 Å². The van der Waals surface area contributed by atoms with Gasteiger partial charge in [-0.2, -0.15) is 0 Å². The molecule has 1 unspecified atom stereocenters. The van der Waals surface area contributed by atoms with Crippen molar-refractivity contribution in [1.29, 1.82) is 0 Å². The Morgan fingerprint density at radius 2 is 1.96 bits per heavy atom. The maximum atomic E-state index is 12.0. The highest BCUT2D eigenvalue weighted by Gasteiger charge is 2.07. The summed E-state index contributed by atoms with van der Waals surface area (Å²) in [6.07, 6.45) is 2.24. The Labute approximate surface area is 153 Å². The molecule has 0 spiro atoms. The number of hydrogen-bond donors (Lipinski definition) is 2. The molecule has 1 aromatic rings. The Balaban J connectivity index is 2.72. The third kappa shape index (κ3) is 7.71. The molecule has 0 aliphatic carbocycles. The first kappa shape index (κ1) is 21.2. The normalized spacial score (nSPS) is 13.7. The van der Waals surface area contributed by atoms with Crippen LogP contribution in [0.1, 0.15) is 32.8 Å². The fourth-order valence-electron chi connectivity index (χ4n) is 1.81. The average molecular weight is 384 g/mol. The lowest BCUT2D eigenvalue weighted by molar-refractivity contribution is -0.135. The first-order chi connectivity index (χ1) is 11.9. The largest absolute Gasteiger partial charge is 0.466 e. The minimum atomic E-state index is -2.63. The highest BCUT2D eigenvalue weighted by Crippen LogP contribution is 2.26. The van der Waals surface area contributed by atoms with E-state index in [0.717, 1.165) is 23.8 Å². The number of benzene rings is 1. The lowest BCUT2D eigenvalue weighted by Gasteiger charge is -2.12. The van der Waals surface area contributed by atoms with Gasteiger partial charge in [-0.1, -0.05) is 19.1 Å². The number of nitrogens with one attached hydrogen (secondary N) is 1. The molecule has 8 heteroatoms. The van der Waals surface area contributed by atoms with Crippen molar-refractivity contribution in [3.05, 3.63) is 47.4 Å². The number of esters is 1. The molecule has 0 heterocycles. The minimum absolute atomic E-state index is 0.201. The zero-order chi connectivity index (χ0) is 18.8. The molecule has 0 bridgehead atoms. The van der Waals surface area contributed by atoms with Crippen LogP contribution in [0.4, 0.5) is 0 Å². The Morgan fingerprint density at radius 3 is 2.52 bits per heavy atom. The van der Waals surface area contributed by atoms with Crippen LogP contribution < -0.4 is 10.8 Å². The van der Waals surface area contributed by atoms with Gasteiger partial charge in [-0.15, -0.1) is 11.8 Å². The number of ether oxygens (including phenoxy) is 1. The molecule has 6 nitrogen and oxygen atoms in total. The molecule has 1 rings (SSSR count). The van der Waals surface area contributed by atoms with E-state index in [0.29, 0.717) is 11.4 Å². The molecule has 3 N–H and O–H groups in total. The summed E-state index contributed by atoms with van der Waals surface area (Å²) in [6.45, 7) is 5.39. The molecule has 138 valence electrons. The molecule has 0 aliphatic rings. The van der Waals surface area contributed by atoms with E-state index in [1.54, 1.807) is 18.7 Å². The van der Waals surface area contributed by atoms with Crippen molar-refractivity contribution in [2.45, 2.75) is 32.1 Å². The Morgan fingerprint density at radius 1 is 1.32 bits per heavy atom. The smallest absolute Gasteiger partial charge is 0.333 e. The van der Waals surface area contributed by atoms with Crippen LogP contribution in [0.2, 0.25) is 0 Å². The van der Waals surface area contributed by atoms with Gasteiger partial charge in [0.05, 0.1) is 18.9 Å². The number of allylic oxidation sites excluding steroid dienone is 2. The Kier molecular flexibility index (Phi) is 9.24. The molecule has 25 heavy (non-hydrogen) atoms. The van der Waals surface area contributed by atoms with Gasteiger partial charge < -0.3 is 20.1 Å². The van der Waals surface area contributed by atoms with E-state index in [1.807, 2.05) is 24.3 Å². The summed E-state index contributed by atoms with van der Waals surface area (Å²) >= 11 is 1.79. The average Bonchev–Trinajstić information content (AvgIpc) is 2.59. The summed E-state index contributed by atoms with van der Waals surface area (Å²) in [7, 11) is -1.37. The van der Waals surface area contributed by atoms with Crippen LogP contribution >= 0.6 is 19.9 Å². The third-order valence-electron chi connectivity index (χ3n) is 3.11. The number of carbonyl (C=O) groups is 1. The number of hydrogen-bond acceptors (Lipinski definition) is 6. The van der Waals surface area contributed by atoms with Gasteiger partial charge in [0.2, 0.25) is 0 Å². The van der Waals surface area contributed by atoms with Crippen LogP contribution in [0, 0.1) is 0 Å². The van der Waals surface area contributed by atoms with E-state index in [4.69, 9.17) is 10.3 Å². The van der Waals surface area contributed by atoms with Gasteiger partial charge in [0.25, 0.3) is 0 Å². The van der Waals surface area contributed by atoms with Crippen molar-refractivity contribution < 1.29 is 18.6 Å². The van der Waals surface area contributed by atoms with E-state index in [1.165, 1.54) is 18.9 Å². The van der Waals surface area contributed by atoms with E-state index in [2.05, 4.69) is 16.7 Å². The topological polar surface area (TPSA) is 90.6 Å². The van der Waals surface area contributed by atoms with E-state index >= 15 is 0 Å². The second-order valence-corrected chi connectivity index (χ2v) is 7.40. The van der Waals surface area contributed by atoms with Crippen LogP contribution in [0.3, 0.4) is 0 Å². The van der Waals surface area contributed by atoms with Crippen LogP contribution in [0.5, 0.6) is 0 Å². The molecular formula is C17H25N2O4PS. The molecule has 0 amide bonds. The van der Waals surface area contributed by atoms with Gasteiger partial charge in [0.15, 0.2) is 0 Å². The van der Waals surface area contributed by atoms with Gasteiger partial charge in [0, 0.05) is 10.6 Å². The molecular weight excluding hydrogens is 359 g/mol. The first-order valence-corrected chi connectivity index (χ1v) is 10.1. The second kappa shape index (κ2) is 10.9. The van der Waals surface area contributed by atoms with Gasteiger partial charge in [0.1, 0.15) is 5.76 Å². The fourth-order valence-corrected chi connectivity index (χ4v) is 3.43. The highest BCUT2D eigenvalue weighted by atomic mass is 32.2. The van der Waals surface area contributed by atoms with Crippen molar-refractivity contribution in [3.8, 4) is 0 Å². The molecule has 0 radical (unpaired) electrons. The molecule has 0 aromatic heterocycles. The van der Waals surface area contributed by atoms with Gasteiger partial charge in [-0.05, 0) is 43.7 Å². The predicted octanol–water partition coefficient (Wildman–Crippen LogP) is 3.91. The summed E-state index contributed by atoms with van der Waals surface area (Å²) in [4.78, 5) is 12.3. The summed E-state index contributed by atoms with van der Waals surface area (Å²) < 4.78 is 21.6. The van der Waals surface area contributed by atoms with Crippen LogP contribution in [0.25, 0.3) is 5.70 Å². The summed E-state index contributed by atoms with van der Waals surface area (Å²) in [5.41, 5.74) is 7.98. The van der Waals surface area contributed by atoms with E-state index in [-0.39, 0.29) is 5.76 Å². The standard InChI is InChI=1S/C17H25N2O4PS/c1-5-10-25-15-8-6-14(7-9-15)17(18)13(3)19-24(21)23-12(2)11-16(20)22-4/h6-9,11,24H,5,10,18H2,1-4H3,(H,19,21)/b12-11+,17-13+. The minimum Gasteiger partial charge on any atom is -0.466 e. The third-order valence-corrected chi connectivity index (χ3v) is 5.41. The SMILES string of the molecule is CCCSc1ccc(/C(N)=C(/C)N[PH](=O)O/C(C)=C/C(=O)OC)cc1. The number of rotatable bonds is 9. The molecule has 1 aromatic carbocycles. The van der Waals surface area contributed by atoms with Crippen LogP contribution in [-0.2, 0) is 18.6 Å². The lowest BCUT2D eigenvalue weighted by atomic mass is 10.1. The Bertz CT molecular complexity index is 672. The zero-order valence-corrected chi connectivity index (χ0v) is 16.7. The number of thioether (sulfide) groups is 1. The van der Waals surface area contributed by atoms with E-state index < -0.39 is 14.1 Å². The predicted molar refractivity (Wildman–Crippen MR) is 103 cm³/mol. The van der Waals surface area contributed by atoms with Crippen molar-refractivity contribution in [3.63, 3.8) is 0 Å². The molecule has 0 saturated heterocycles. The van der Waals surface area contributed by atoms with Gasteiger partial charge >= 0.3 is 14.1 Å². The van der Waals surface area contributed by atoms with Crippen molar-refractivity contribution in [2.24, 2.45) is 5.73 Å². The Hall–Kier alpha value is -1.85. The second-order valence-electron chi connectivity index (χ2n) is 5.20. The number of nitrogens with two attached hydrogens (primary N) is 1. The number of methoxy groups -OCH3 is 1. The summed E-state index contributed by atoms with van der Waals surface area (Å²) in [5.74, 6) is 0.704. The quantitative estimate of drug-likeness (QED) is 0.219. The summed E-state index contributed by atoms with van der Waals surface area (Å²) in [6, 6.07) is 7.88. The van der Waals surface area contributed by atoms with Crippen LogP contribution in [-0.4, -0.2) is 18.8 Å². The maximum Gasteiger partial charge on any atom is 0.333 e. The number of carbonyl (C=O) groups excluding carboxylic acids is 1. The highest BCUT2D eigenvalue weighted by molar-refractivity contribution is 7.99. The first-order valence-electron chi connectivity index (χ1n) is 7.82. The molecule has 0 saturated carbocycles. The van der Waals surface area contributed by atoms with E-state index in [9.17, 15) is 9.36 Å². The van der Waals surface area contributed by atoms with Crippen molar-refractivity contribution in [2.75, 3.05) is 12.9 Å². The summed E-state index contributed by atoms with van der Waals surface area (Å²) in [5, 5.41) is 2.73. The van der Waals surface area contributed by atoms with Crippen LogP contribution in [0.15, 0.2) is 46.7 Å². The fraction of sp³-hybridized carbons (Fsp3) is 0.353. The maximum absolute atomic E-state index is 12.0. The van der Waals surface area contributed by atoms with Gasteiger partial charge in [-0.25, -0.2) is 4.79 Å². The zero-order valence-electron chi connectivity index (χ0n) is 14.9. The van der Waals surface area contributed by atoms with Gasteiger partial charge in [-0.3, -0.25) is 4.57 Å². The molecule has 1 atom stereocenters. The lowest BCUT2D eigenvalue weighted by Crippen LogP contribution is -2.10.